The minimum Gasteiger partial charge on any atom is -0.493 e. The summed E-state index contributed by atoms with van der Waals surface area (Å²) in [4.78, 5) is 16.6. The van der Waals surface area contributed by atoms with Gasteiger partial charge in [0.05, 0.1) is 6.61 Å². The van der Waals surface area contributed by atoms with E-state index in [0.717, 1.165) is 49.5 Å². The van der Waals surface area contributed by atoms with Gasteiger partial charge in [0, 0.05) is 38.4 Å². The van der Waals surface area contributed by atoms with Crippen molar-refractivity contribution in [3.05, 3.63) is 59.7 Å². The van der Waals surface area contributed by atoms with Crippen molar-refractivity contribution in [3.8, 4) is 5.75 Å². The van der Waals surface area contributed by atoms with E-state index in [1.165, 1.54) is 5.69 Å². The first-order valence-electron chi connectivity index (χ1n) is 9.67. The highest BCUT2D eigenvalue weighted by Crippen LogP contribution is 2.22. The van der Waals surface area contributed by atoms with Crippen LogP contribution in [0.4, 0.5) is 10.5 Å². The number of ether oxygens (including phenoxy) is 1. The molecule has 0 spiro atoms. The zero-order chi connectivity index (χ0) is 19.1. The Kier molecular flexibility index (Phi) is 6.58. The summed E-state index contributed by atoms with van der Waals surface area (Å²) in [6.45, 7) is 8.58. The number of carbonyl (C=O) groups excluding carboxylic acids is 1. The average Bonchev–Trinajstić information content (AvgIpc) is 2.70. The van der Waals surface area contributed by atoms with Crippen LogP contribution in [-0.2, 0) is 0 Å². The van der Waals surface area contributed by atoms with E-state index >= 15 is 0 Å². The number of piperazine rings is 1. The topological polar surface area (TPSA) is 44.8 Å². The number of para-hydroxylation sites is 2. The molecule has 0 aromatic heterocycles. The predicted octanol–water partition coefficient (Wildman–Crippen LogP) is 3.60. The van der Waals surface area contributed by atoms with Gasteiger partial charge in [-0.25, -0.2) is 4.79 Å². The SMILES string of the molecule is Cc1cccc(C)c1OCCCNC(=O)N1CCN(c2ccccc2)CC1. The Balaban J connectivity index is 1.34. The fourth-order valence-electron chi connectivity index (χ4n) is 3.39. The van der Waals surface area contributed by atoms with Crippen molar-refractivity contribution in [3.63, 3.8) is 0 Å². The second kappa shape index (κ2) is 9.31. The van der Waals surface area contributed by atoms with Crippen LogP contribution >= 0.6 is 0 Å². The molecule has 0 radical (unpaired) electrons. The molecule has 1 aliphatic rings. The van der Waals surface area contributed by atoms with Crippen molar-refractivity contribution < 1.29 is 9.53 Å². The van der Waals surface area contributed by atoms with Gasteiger partial charge in [-0.2, -0.15) is 0 Å². The van der Waals surface area contributed by atoms with E-state index in [-0.39, 0.29) is 6.03 Å². The fraction of sp³-hybridized carbons (Fsp3) is 0.409. The Morgan fingerprint density at radius 3 is 2.30 bits per heavy atom. The molecule has 0 atom stereocenters. The summed E-state index contributed by atoms with van der Waals surface area (Å²) in [7, 11) is 0. The molecule has 1 heterocycles. The van der Waals surface area contributed by atoms with Crippen LogP contribution in [-0.4, -0.2) is 50.3 Å². The number of rotatable bonds is 6. The zero-order valence-corrected chi connectivity index (χ0v) is 16.3. The molecule has 0 bridgehead atoms. The molecular formula is C22H29N3O2. The predicted molar refractivity (Wildman–Crippen MR) is 110 cm³/mol. The molecule has 27 heavy (non-hydrogen) atoms. The summed E-state index contributed by atoms with van der Waals surface area (Å²) in [5, 5.41) is 3.01. The molecule has 0 saturated carbocycles. The number of urea groups is 1. The highest BCUT2D eigenvalue weighted by molar-refractivity contribution is 5.74. The minimum atomic E-state index is 0.0229. The van der Waals surface area contributed by atoms with E-state index in [1.807, 2.05) is 17.0 Å². The van der Waals surface area contributed by atoms with Crippen LogP contribution in [0.5, 0.6) is 5.75 Å². The van der Waals surface area contributed by atoms with Gasteiger partial charge in [0.25, 0.3) is 0 Å². The first kappa shape index (κ1) is 19.1. The van der Waals surface area contributed by atoms with Gasteiger partial charge in [-0.05, 0) is 43.5 Å². The van der Waals surface area contributed by atoms with Gasteiger partial charge in [0.2, 0.25) is 0 Å². The van der Waals surface area contributed by atoms with Crippen molar-refractivity contribution in [2.75, 3.05) is 44.2 Å². The molecule has 5 heteroatoms. The molecule has 0 aliphatic carbocycles. The van der Waals surface area contributed by atoms with Crippen LogP contribution in [0.25, 0.3) is 0 Å². The van der Waals surface area contributed by atoms with Crippen LogP contribution in [0.1, 0.15) is 17.5 Å². The lowest BCUT2D eigenvalue weighted by Gasteiger charge is -2.36. The number of hydrogen-bond donors (Lipinski definition) is 1. The average molecular weight is 367 g/mol. The van der Waals surface area contributed by atoms with Gasteiger partial charge in [-0.3, -0.25) is 0 Å². The third-order valence-electron chi connectivity index (χ3n) is 4.94. The minimum absolute atomic E-state index is 0.0229. The Hall–Kier alpha value is -2.69. The van der Waals surface area contributed by atoms with E-state index < -0.39 is 0 Å². The normalized spacial score (nSPS) is 14.1. The smallest absolute Gasteiger partial charge is 0.317 e. The number of hydrogen-bond acceptors (Lipinski definition) is 3. The van der Waals surface area contributed by atoms with E-state index in [0.29, 0.717) is 13.2 Å². The molecule has 2 aromatic carbocycles. The lowest BCUT2D eigenvalue weighted by molar-refractivity contribution is 0.193. The number of anilines is 1. The number of nitrogens with zero attached hydrogens (tertiary/aromatic N) is 2. The summed E-state index contributed by atoms with van der Waals surface area (Å²) in [5.74, 6) is 0.959. The summed E-state index contributed by atoms with van der Waals surface area (Å²) in [6, 6.07) is 16.5. The molecule has 2 aromatic rings. The molecule has 144 valence electrons. The van der Waals surface area contributed by atoms with Crippen molar-refractivity contribution in [2.24, 2.45) is 0 Å². The van der Waals surface area contributed by atoms with Crippen LogP contribution in [0.3, 0.4) is 0 Å². The Bertz CT molecular complexity index is 720. The summed E-state index contributed by atoms with van der Waals surface area (Å²) >= 11 is 0. The van der Waals surface area contributed by atoms with Crippen LogP contribution in [0.2, 0.25) is 0 Å². The number of benzene rings is 2. The first-order chi connectivity index (χ1) is 13.1. The van der Waals surface area contributed by atoms with E-state index in [9.17, 15) is 4.79 Å². The van der Waals surface area contributed by atoms with Crippen LogP contribution in [0.15, 0.2) is 48.5 Å². The second-order valence-corrected chi connectivity index (χ2v) is 6.96. The third kappa shape index (κ3) is 5.16. The van der Waals surface area contributed by atoms with Crippen molar-refractivity contribution >= 4 is 11.7 Å². The Morgan fingerprint density at radius 2 is 1.63 bits per heavy atom. The van der Waals surface area contributed by atoms with Crippen molar-refractivity contribution in [2.45, 2.75) is 20.3 Å². The largest absolute Gasteiger partial charge is 0.493 e. The molecule has 0 unspecified atom stereocenters. The molecular weight excluding hydrogens is 338 g/mol. The maximum atomic E-state index is 12.3. The van der Waals surface area contributed by atoms with Crippen LogP contribution < -0.4 is 15.0 Å². The van der Waals surface area contributed by atoms with Crippen molar-refractivity contribution in [1.82, 2.24) is 10.2 Å². The van der Waals surface area contributed by atoms with Gasteiger partial charge in [0.1, 0.15) is 5.75 Å². The quantitative estimate of drug-likeness (QED) is 0.794. The molecule has 3 rings (SSSR count). The van der Waals surface area contributed by atoms with Crippen molar-refractivity contribution in [1.29, 1.82) is 0 Å². The van der Waals surface area contributed by atoms with Gasteiger partial charge in [0.15, 0.2) is 0 Å². The molecule has 2 amide bonds. The number of aryl methyl sites for hydroxylation is 2. The number of nitrogens with one attached hydrogen (secondary N) is 1. The summed E-state index contributed by atoms with van der Waals surface area (Å²) in [5.41, 5.74) is 3.52. The number of carbonyl (C=O) groups is 1. The molecule has 1 saturated heterocycles. The lowest BCUT2D eigenvalue weighted by Crippen LogP contribution is -2.52. The highest BCUT2D eigenvalue weighted by Gasteiger charge is 2.20. The van der Waals surface area contributed by atoms with Crippen LogP contribution in [0, 0.1) is 13.8 Å². The summed E-state index contributed by atoms with van der Waals surface area (Å²) in [6.07, 6.45) is 0.795. The van der Waals surface area contributed by atoms with E-state index in [4.69, 9.17) is 4.74 Å². The summed E-state index contributed by atoms with van der Waals surface area (Å²) < 4.78 is 5.89. The number of amides is 2. The van der Waals surface area contributed by atoms with E-state index in [2.05, 4.69) is 60.5 Å². The van der Waals surface area contributed by atoms with Gasteiger partial charge < -0.3 is 19.9 Å². The molecule has 1 aliphatic heterocycles. The molecule has 1 fully saturated rings. The fourth-order valence-corrected chi connectivity index (χ4v) is 3.39. The maximum absolute atomic E-state index is 12.3. The standard InChI is InChI=1S/C22H29N3O2/c1-18-8-6-9-19(2)21(18)27-17-7-12-23-22(26)25-15-13-24(14-16-25)20-10-4-3-5-11-20/h3-6,8-11H,7,12-17H2,1-2H3,(H,23,26). The van der Waals surface area contributed by atoms with Gasteiger partial charge in [-0.15, -0.1) is 0 Å². The van der Waals surface area contributed by atoms with E-state index in [1.54, 1.807) is 0 Å². The zero-order valence-electron chi connectivity index (χ0n) is 16.3. The monoisotopic (exact) mass is 367 g/mol. The maximum Gasteiger partial charge on any atom is 0.317 e. The lowest BCUT2D eigenvalue weighted by atomic mass is 10.1. The first-order valence-corrected chi connectivity index (χ1v) is 9.67. The van der Waals surface area contributed by atoms with Gasteiger partial charge >= 0.3 is 6.03 Å². The Labute approximate surface area is 161 Å². The highest BCUT2D eigenvalue weighted by atomic mass is 16.5. The third-order valence-corrected chi connectivity index (χ3v) is 4.94. The molecule has 5 nitrogen and oxygen atoms in total. The van der Waals surface area contributed by atoms with Gasteiger partial charge in [-0.1, -0.05) is 36.4 Å². The second-order valence-electron chi connectivity index (χ2n) is 6.96. The Morgan fingerprint density at radius 1 is 0.963 bits per heavy atom. The molecule has 1 N–H and O–H groups in total.